The first-order valence-electron chi connectivity index (χ1n) is 3.74. The van der Waals surface area contributed by atoms with Gasteiger partial charge >= 0.3 is 6.29 Å². The summed E-state index contributed by atoms with van der Waals surface area (Å²) in [6.07, 6.45) is -7.93. The van der Waals surface area contributed by atoms with Gasteiger partial charge in [-0.2, -0.15) is 0 Å². The number of hydrogen-bond donors (Lipinski definition) is 6. The van der Waals surface area contributed by atoms with Gasteiger partial charge in [-0.05, 0) is 0 Å². The molecule has 0 amide bonds. The summed E-state index contributed by atoms with van der Waals surface area (Å²) in [7, 11) is 0. The van der Waals surface area contributed by atoms with Crippen molar-refractivity contribution in [2.24, 2.45) is 0 Å². The van der Waals surface area contributed by atoms with Gasteiger partial charge in [0.2, 0.25) is 6.10 Å². The quantitative estimate of drug-likeness (QED) is 0.194. The molecule has 7 nitrogen and oxygen atoms in total. The Labute approximate surface area is 73.7 Å². The minimum Gasteiger partial charge on any atom is -0.388 e. The lowest BCUT2D eigenvalue weighted by Gasteiger charge is -2.36. The molecule has 0 aromatic heterocycles. The normalized spacial score (nSPS) is 48.0. The fraction of sp³-hybridized carbons (Fsp3) is 1.00. The number of aliphatic hydroxyl groups excluding tert-OH is 5. The molecule has 1 aliphatic heterocycles. The topological polar surface area (TPSA) is 124 Å². The Morgan fingerprint density at radius 2 is 1.46 bits per heavy atom. The predicted octanol–water partition coefficient (Wildman–Crippen LogP) is -3.21. The van der Waals surface area contributed by atoms with Gasteiger partial charge in [-0.1, -0.05) is 0 Å². The van der Waals surface area contributed by atoms with Crippen molar-refractivity contribution in [3.8, 4) is 0 Å². The van der Waals surface area contributed by atoms with Crippen LogP contribution >= 0.6 is 0 Å². The van der Waals surface area contributed by atoms with Crippen LogP contribution in [0.2, 0.25) is 0 Å². The third-order valence-corrected chi connectivity index (χ3v) is 2.11. The van der Waals surface area contributed by atoms with Gasteiger partial charge < -0.3 is 25.5 Å². The number of rotatable bonds is 1. The molecule has 78 valence electrons. The highest BCUT2D eigenvalue weighted by Crippen LogP contribution is 2.24. The fourth-order valence-electron chi connectivity index (χ4n) is 1.24. The van der Waals surface area contributed by atoms with Crippen LogP contribution in [-0.4, -0.2) is 68.1 Å². The molecule has 7 heteroatoms. The second kappa shape index (κ2) is 3.84. The molecule has 5 atom stereocenters. The van der Waals surface area contributed by atoms with Crippen LogP contribution in [0, 0.1) is 0 Å². The Morgan fingerprint density at radius 3 is 1.92 bits per heavy atom. The van der Waals surface area contributed by atoms with Crippen molar-refractivity contribution < 1.29 is 35.3 Å². The lowest BCUT2D eigenvalue weighted by Crippen LogP contribution is -2.62. The summed E-state index contributed by atoms with van der Waals surface area (Å²) >= 11 is 0. The minimum atomic E-state index is -1.80. The van der Waals surface area contributed by atoms with Gasteiger partial charge in [0.05, 0.1) is 0 Å². The van der Waals surface area contributed by atoms with Crippen LogP contribution in [0.5, 0.6) is 0 Å². The molecule has 1 aliphatic rings. The first-order valence-corrected chi connectivity index (χ1v) is 3.74. The maximum atomic E-state index is 9.19. The van der Waals surface area contributed by atoms with Gasteiger partial charge in [0.15, 0.2) is 12.2 Å². The zero-order valence-electron chi connectivity index (χ0n) is 6.69. The Hall–Kier alpha value is -0.280. The van der Waals surface area contributed by atoms with Crippen molar-refractivity contribution in [2.45, 2.75) is 30.7 Å². The molecule has 0 aromatic carbocycles. The molecular formula is C6H13O7+. The van der Waals surface area contributed by atoms with Gasteiger partial charge in [-0.3, -0.25) is 0 Å². The van der Waals surface area contributed by atoms with Gasteiger partial charge in [0.1, 0.15) is 12.7 Å². The molecule has 0 spiro atoms. The molecule has 0 bridgehead atoms. The largest absolute Gasteiger partial charge is 0.388 e. The van der Waals surface area contributed by atoms with Crippen LogP contribution in [0.3, 0.4) is 0 Å². The molecule has 0 unspecified atom stereocenters. The van der Waals surface area contributed by atoms with E-state index >= 15 is 0 Å². The van der Waals surface area contributed by atoms with Crippen LogP contribution in [0.1, 0.15) is 0 Å². The Balaban J connectivity index is 2.79. The molecular weight excluding hydrogens is 184 g/mol. The monoisotopic (exact) mass is 197 g/mol. The van der Waals surface area contributed by atoms with Crippen LogP contribution in [-0.2, 0) is 4.52 Å². The minimum absolute atomic E-state index is 0.677. The second-order valence-electron chi connectivity index (χ2n) is 2.93. The standard InChI is InChI=1S/C6H13O7/c7-1-2-3(8)4(9)5(10)6(11)13(2)12/h2-12H,1H2/q+1/t2-,3-,4+,5-,6-/m1/s1. The lowest BCUT2D eigenvalue weighted by molar-refractivity contribution is -0.559. The molecule has 13 heavy (non-hydrogen) atoms. The second-order valence-corrected chi connectivity index (χ2v) is 2.93. The van der Waals surface area contributed by atoms with Crippen molar-refractivity contribution >= 4 is 0 Å². The van der Waals surface area contributed by atoms with Crippen molar-refractivity contribution in [1.29, 1.82) is 0 Å². The maximum absolute atomic E-state index is 9.19. The van der Waals surface area contributed by atoms with E-state index in [4.69, 9.17) is 25.7 Å². The van der Waals surface area contributed by atoms with E-state index in [1.165, 1.54) is 0 Å². The maximum Gasteiger partial charge on any atom is 0.330 e. The van der Waals surface area contributed by atoms with Crippen molar-refractivity contribution in [3.63, 3.8) is 0 Å². The molecule has 0 saturated carbocycles. The number of hydrogen-bond acceptors (Lipinski definition) is 6. The van der Waals surface area contributed by atoms with E-state index in [1.807, 2.05) is 0 Å². The van der Waals surface area contributed by atoms with Crippen LogP contribution in [0.25, 0.3) is 0 Å². The van der Waals surface area contributed by atoms with E-state index in [2.05, 4.69) is 0 Å². The van der Waals surface area contributed by atoms with E-state index in [-0.39, 0.29) is 0 Å². The SMILES string of the molecule is OC[C@@H]1[C@@H](O)[C@H](O)[C@@H](O)[C@H](O)[O+]1O. The van der Waals surface area contributed by atoms with Gasteiger partial charge in [-0.25, -0.2) is 4.52 Å². The van der Waals surface area contributed by atoms with E-state index < -0.39 is 37.3 Å². The van der Waals surface area contributed by atoms with E-state index in [9.17, 15) is 5.11 Å². The van der Waals surface area contributed by atoms with Crippen LogP contribution < -0.4 is 0 Å². The smallest absolute Gasteiger partial charge is 0.330 e. The lowest BCUT2D eigenvalue weighted by atomic mass is 9.99. The summed E-state index contributed by atoms with van der Waals surface area (Å²) in [6, 6.07) is 0. The Bertz CT molecular complexity index is 158. The third-order valence-electron chi connectivity index (χ3n) is 2.11. The molecule has 1 saturated heterocycles. The zero-order valence-corrected chi connectivity index (χ0v) is 6.69. The highest BCUT2D eigenvalue weighted by atomic mass is 17.3. The summed E-state index contributed by atoms with van der Waals surface area (Å²) in [4.78, 5) is 0. The van der Waals surface area contributed by atoms with Gasteiger partial charge in [0.25, 0.3) is 0 Å². The fourth-order valence-corrected chi connectivity index (χ4v) is 1.24. The summed E-state index contributed by atoms with van der Waals surface area (Å²) in [5.74, 6) is 0. The third kappa shape index (κ3) is 1.67. The van der Waals surface area contributed by atoms with Crippen molar-refractivity contribution in [1.82, 2.24) is 0 Å². The zero-order chi connectivity index (χ0) is 10.2. The summed E-state index contributed by atoms with van der Waals surface area (Å²) in [5.41, 5.74) is 0. The molecule has 1 fully saturated rings. The highest BCUT2D eigenvalue weighted by Gasteiger charge is 2.53. The average Bonchev–Trinajstić information content (AvgIpc) is 2.13. The summed E-state index contributed by atoms with van der Waals surface area (Å²) in [6.45, 7) is -0.677. The van der Waals surface area contributed by atoms with Crippen LogP contribution in [0.4, 0.5) is 0 Å². The van der Waals surface area contributed by atoms with E-state index in [0.717, 1.165) is 4.52 Å². The van der Waals surface area contributed by atoms with E-state index in [0.29, 0.717) is 0 Å². The van der Waals surface area contributed by atoms with Crippen molar-refractivity contribution in [3.05, 3.63) is 0 Å². The first kappa shape index (κ1) is 10.8. The number of aliphatic hydroxyl groups is 5. The Kier molecular flexibility index (Phi) is 3.19. The summed E-state index contributed by atoms with van der Waals surface area (Å²) < 4.78 is 1.05. The Morgan fingerprint density at radius 1 is 0.923 bits per heavy atom. The van der Waals surface area contributed by atoms with Gasteiger partial charge in [-0.15, -0.1) is 5.26 Å². The van der Waals surface area contributed by atoms with E-state index in [1.54, 1.807) is 0 Å². The molecule has 0 aromatic rings. The molecule has 6 N–H and O–H groups in total. The average molecular weight is 197 g/mol. The first-order chi connectivity index (χ1) is 6.00. The summed E-state index contributed by atoms with van der Waals surface area (Å²) in [5, 5.41) is 54.1. The molecule has 0 radical (unpaired) electrons. The van der Waals surface area contributed by atoms with Crippen molar-refractivity contribution in [2.75, 3.05) is 6.61 Å². The predicted molar refractivity (Wildman–Crippen MR) is 38.6 cm³/mol. The molecule has 1 rings (SSSR count). The van der Waals surface area contributed by atoms with Gasteiger partial charge in [0, 0.05) is 0 Å². The highest BCUT2D eigenvalue weighted by molar-refractivity contribution is 4.88. The molecule has 0 aliphatic carbocycles. The molecule has 1 heterocycles. The van der Waals surface area contributed by atoms with Crippen LogP contribution in [0.15, 0.2) is 0 Å².